The maximum Gasteiger partial charge on any atom is 0.311 e. The van der Waals surface area contributed by atoms with Crippen LogP contribution in [-0.4, -0.2) is 58.2 Å². The van der Waals surface area contributed by atoms with Crippen molar-refractivity contribution in [1.82, 2.24) is 0 Å². The van der Waals surface area contributed by atoms with Crippen molar-refractivity contribution in [2.24, 2.45) is 5.41 Å². The summed E-state index contributed by atoms with van der Waals surface area (Å²) in [5, 5.41) is 2.38. The minimum absolute atomic E-state index is 0.0791. The van der Waals surface area contributed by atoms with Crippen molar-refractivity contribution in [1.29, 1.82) is 0 Å². The van der Waals surface area contributed by atoms with Crippen molar-refractivity contribution in [3.05, 3.63) is 103 Å². The molecule has 50 heavy (non-hydrogen) atoms. The molecule has 3 aromatic carbocycles. The predicted octanol–water partition coefficient (Wildman–Crippen LogP) is 7.99. The Hall–Kier alpha value is -3.27. The topological polar surface area (TPSA) is 72.5 Å². The summed E-state index contributed by atoms with van der Waals surface area (Å²) in [5.74, 6) is -0.271. The van der Waals surface area contributed by atoms with Crippen LogP contribution in [0.3, 0.4) is 0 Å². The zero-order chi connectivity index (χ0) is 36.6. The zero-order valence-electron chi connectivity index (χ0n) is 31.7. The molecule has 1 aliphatic heterocycles. The standard InChI is InChI=1S/C42H58O7Si/c1-31(49-50(41(5,6)7,34-19-13-11-14-20-34)35-21-15-12-16-22-35)18-17-23-36(46-30-32-24-26-33(44-10)27-25-32)38-37(47-42(8,9)48-38)28-29-45-39(43)40(2,3)4/h11-17,19-27,31,36-38H,18,28-30H2,1-10H3/b23-17-/t31-,36?,37-,38+/m0/s1. The largest absolute Gasteiger partial charge is 0.497 e. The first kappa shape index (κ1) is 39.5. The molecule has 0 spiro atoms. The van der Waals surface area contributed by atoms with Crippen LogP contribution in [0.4, 0.5) is 0 Å². The molecule has 8 heteroatoms. The molecule has 0 aromatic heterocycles. The van der Waals surface area contributed by atoms with E-state index < -0.39 is 31.7 Å². The van der Waals surface area contributed by atoms with Gasteiger partial charge in [0.1, 0.15) is 18.0 Å². The molecular weight excluding hydrogens is 645 g/mol. The first-order valence-corrected chi connectivity index (χ1v) is 19.7. The van der Waals surface area contributed by atoms with Gasteiger partial charge in [0.15, 0.2) is 5.79 Å². The number of hydrogen-bond acceptors (Lipinski definition) is 7. The molecule has 0 aliphatic carbocycles. The van der Waals surface area contributed by atoms with Gasteiger partial charge in [0.25, 0.3) is 8.32 Å². The average molecular weight is 703 g/mol. The first-order valence-electron chi connectivity index (χ1n) is 17.8. The Bertz CT molecular complexity index is 1470. The van der Waals surface area contributed by atoms with Gasteiger partial charge in [0.2, 0.25) is 0 Å². The SMILES string of the molecule is COc1ccc(COC(/C=C\C[C@H](C)O[Si](c2ccccc2)(c2ccccc2)C(C)(C)C)[C@H]2OC(C)(C)O[C@H]2CCOC(=O)C(C)(C)C)cc1. The van der Waals surface area contributed by atoms with E-state index in [9.17, 15) is 4.79 Å². The number of benzene rings is 3. The van der Waals surface area contributed by atoms with Crippen LogP contribution in [0.5, 0.6) is 5.75 Å². The highest BCUT2D eigenvalue weighted by Gasteiger charge is 2.51. The average Bonchev–Trinajstić information content (AvgIpc) is 3.38. The predicted molar refractivity (Wildman–Crippen MR) is 202 cm³/mol. The molecule has 3 aromatic rings. The summed E-state index contributed by atoms with van der Waals surface area (Å²) in [6.45, 7) is 19.0. The van der Waals surface area contributed by atoms with Gasteiger partial charge < -0.3 is 28.1 Å². The first-order chi connectivity index (χ1) is 23.6. The van der Waals surface area contributed by atoms with Crippen LogP contribution in [-0.2, 0) is 34.8 Å². The van der Waals surface area contributed by atoms with E-state index in [-0.39, 0.29) is 29.8 Å². The number of carbonyl (C=O) groups is 1. The minimum Gasteiger partial charge on any atom is -0.497 e. The van der Waals surface area contributed by atoms with E-state index in [1.54, 1.807) is 7.11 Å². The molecule has 4 rings (SSSR count). The minimum atomic E-state index is -2.71. The number of methoxy groups -OCH3 is 1. The van der Waals surface area contributed by atoms with Crippen molar-refractivity contribution in [2.45, 2.75) is 117 Å². The molecular formula is C42H58O7Si. The van der Waals surface area contributed by atoms with Crippen LogP contribution < -0.4 is 15.1 Å². The van der Waals surface area contributed by atoms with Crippen LogP contribution in [0.1, 0.15) is 80.7 Å². The highest BCUT2D eigenvalue weighted by Crippen LogP contribution is 2.38. The summed E-state index contributed by atoms with van der Waals surface area (Å²) in [7, 11) is -1.06. The van der Waals surface area contributed by atoms with Crippen LogP contribution in [0.2, 0.25) is 5.04 Å². The second-order valence-corrected chi connectivity index (χ2v) is 19.9. The molecule has 1 unspecified atom stereocenters. The van der Waals surface area contributed by atoms with E-state index in [4.69, 9.17) is 28.1 Å². The van der Waals surface area contributed by atoms with Crippen molar-refractivity contribution in [3.8, 4) is 5.75 Å². The van der Waals surface area contributed by atoms with Crippen LogP contribution in [0, 0.1) is 5.41 Å². The molecule has 0 N–H and O–H groups in total. The number of hydrogen-bond donors (Lipinski definition) is 0. The maximum absolute atomic E-state index is 12.5. The molecule has 0 saturated carbocycles. The van der Waals surface area contributed by atoms with Gasteiger partial charge in [-0.05, 0) is 81.1 Å². The second kappa shape index (κ2) is 16.8. The lowest BCUT2D eigenvalue weighted by atomic mass is 9.97. The van der Waals surface area contributed by atoms with Crippen LogP contribution in [0.15, 0.2) is 97.1 Å². The van der Waals surface area contributed by atoms with E-state index in [0.29, 0.717) is 19.4 Å². The number of carbonyl (C=O) groups excluding carboxylic acids is 1. The summed E-state index contributed by atoms with van der Waals surface area (Å²) >= 11 is 0. The van der Waals surface area contributed by atoms with Gasteiger partial charge in [0, 0.05) is 12.5 Å². The Kier molecular flexibility index (Phi) is 13.3. The highest BCUT2D eigenvalue weighted by molar-refractivity contribution is 6.99. The van der Waals surface area contributed by atoms with E-state index in [0.717, 1.165) is 11.3 Å². The third-order valence-electron chi connectivity index (χ3n) is 8.98. The molecule has 1 aliphatic rings. The van der Waals surface area contributed by atoms with Gasteiger partial charge in [-0.15, -0.1) is 0 Å². The Labute approximate surface area is 301 Å². The monoisotopic (exact) mass is 702 g/mol. The van der Waals surface area contributed by atoms with E-state index in [2.05, 4.69) is 101 Å². The lowest BCUT2D eigenvalue weighted by Crippen LogP contribution is -2.67. The van der Waals surface area contributed by atoms with E-state index in [1.807, 2.05) is 58.9 Å². The molecule has 1 heterocycles. The summed E-state index contributed by atoms with van der Waals surface area (Å²) in [5.41, 5.74) is 0.437. The van der Waals surface area contributed by atoms with E-state index in [1.165, 1.54) is 10.4 Å². The van der Waals surface area contributed by atoms with Crippen LogP contribution >= 0.6 is 0 Å². The molecule has 0 amide bonds. The third kappa shape index (κ3) is 10.2. The number of rotatable bonds is 15. The van der Waals surface area contributed by atoms with Crippen molar-refractivity contribution in [2.75, 3.05) is 13.7 Å². The van der Waals surface area contributed by atoms with Crippen molar-refractivity contribution >= 4 is 24.7 Å². The number of esters is 1. The highest BCUT2D eigenvalue weighted by atomic mass is 28.4. The van der Waals surface area contributed by atoms with Crippen LogP contribution in [0.25, 0.3) is 0 Å². The molecule has 1 fully saturated rings. The quantitative estimate of drug-likeness (QED) is 0.0904. The van der Waals surface area contributed by atoms with Gasteiger partial charge in [-0.3, -0.25) is 4.79 Å². The fourth-order valence-corrected chi connectivity index (χ4v) is 11.2. The fourth-order valence-electron chi connectivity index (χ4n) is 6.47. The molecule has 0 radical (unpaired) electrons. The smallest absolute Gasteiger partial charge is 0.311 e. The Balaban J connectivity index is 1.58. The Morgan fingerprint density at radius 1 is 0.880 bits per heavy atom. The lowest BCUT2D eigenvalue weighted by Gasteiger charge is -2.44. The molecule has 7 nitrogen and oxygen atoms in total. The summed E-state index contributed by atoms with van der Waals surface area (Å²) in [4.78, 5) is 12.5. The molecule has 1 saturated heterocycles. The molecule has 272 valence electrons. The summed E-state index contributed by atoms with van der Waals surface area (Å²) in [6, 6.07) is 29.3. The molecule has 4 atom stereocenters. The van der Waals surface area contributed by atoms with Gasteiger partial charge >= 0.3 is 5.97 Å². The normalized spacial score (nSPS) is 19.3. The van der Waals surface area contributed by atoms with E-state index >= 15 is 0 Å². The lowest BCUT2D eigenvalue weighted by molar-refractivity contribution is -0.159. The van der Waals surface area contributed by atoms with Crippen molar-refractivity contribution in [3.63, 3.8) is 0 Å². The second-order valence-electron chi connectivity index (χ2n) is 15.7. The van der Waals surface area contributed by atoms with Gasteiger partial charge in [0.05, 0.1) is 31.8 Å². The van der Waals surface area contributed by atoms with Gasteiger partial charge in [-0.25, -0.2) is 0 Å². The van der Waals surface area contributed by atoms with Crippen molar-refractivity contribution < 1.29 is 32.9 Å². The Morgan fingerprint density at radius 3 is 1.98 bits per heavy atom. The third-order valence-corrected chi connectivity index (χ3v) is 14.1. The van der Waals surface area contributed by atoms with Gasteiger partial charge in [-0.1, -0.05) is 106 Å². The summed E-state index contributed by atoms with van der Waals surface area (Å²) in [6.07, 6.45) is 4.13. The summed E-state index contributed by atoms with van der Waals surface area (Å²) < 4.78 is 37.7. The fraction of sp³-hybridized carbons (Fsp3) is 0.500. The Morgan fingerprint density at radius 2 is 1.46 bits per heavy atom. The van der Waals surface area contributed by atoms with Gasteiger partial charge in [-0.2, -0.15) is 0 Å². The zero-order valence-corrected chi connectivity index (χ0v) is 32.7. The molecule has 0 bridgehead atoms. The maximum atomic E-state index is 12.5. The number of ether oxygens (including phenoxy) is 5.